The van der Waals surface area contributed by atoms with Gasteiger partial charge in [-0.3, -0.25) is 9.58 Å². The minimum absolute atomic E-state index is 0.0733. The maximum atomic E-state index is 13.4. The Bertz CT molecular complexity index is 736. The fourth-order valence-corrected chi connectivity index (χ4v) is 3.30. The Labute approximate surface area is 134 Å². The van der Waals surface area contributed by atoms with Crippen molar-refractivity contribution < 1.29 is 9.50 Å². The molecule has 0 unspecified atom stereocenters. The van der Waals surface area contributed by atoms with Crippen LogP contribution >= 0.6 is 0 Å². The molecule has 0 spiro atoms. The van der Waals surface area contributed by atoms with Crippen molar-refractivity contribution in [2.45, 2.75) is 12.5 Å². The summed E-state index contributed by atoms with van der Waals surface area (Å²) in [6, 6.07) is 6.52. The van der Waals surface area contributed by atoms with Crippen molar-refractivity contribution in [2.24, 2.45) is 13.0 Å². The third-order valence-corrected chi connectivity index (χ3v) is 4.46. The third kappa shape index (κ3) is 3.26. The van der Waals surface area contributed by atoms with Gasteiger partial charge in [0.2, 0.25) is 0 Å². The second-order valence-corrected chi connectivity index (χ2v) is 6.12. The van der Waals surface area contributed by atoms with Crippen LogP contribution in [0.2, 0.25) is 0 Å². The molecule has 1 fully saturated rings. The number of aryl methyl sites for hydroxylation is 1. The SMILES string of the molecule is Cn1cc([C@@H]2CN(Cc3ccc(F)c(C#N)c3)C[C@H]2CO)cn1. The van der Waals surface area contributed by atoms with Gasteiger partial charge < -0.3 is 5.11 Å². The lowest BCUT2D eigenvalue weighted by atomic mass is 9.92. The second kappa shape index (κ2) is 6.49. The third-order valence-electron chi connectivity index (χ3n) is 4.46. The van der Waals surface area contributed by atoms with Crippen LogP contribution in [0, 0.1) is 23.1 Å². The van der Waals surface area contributed by atoms with Crippen molar-refractivity contribution in [3.8, 4) is 6.07 Å². The van der Waals surface area contributed by atoms with Gasteiger partial charge >= 0.3 is 0 Å². The van der Waals surface area contributed by atoms with Gasteiger partial charge in [-0.1, -0.05) is 6.07 Å². The summed E-state index contributed by atoms with van der Waals surface area (Å²) in [4.78, 5) is 2.23. The number of hydrogen-bond donors (Lipinski definition) is 1. The van der Waals surface area contributed by atoms with E-state index in [9.17, 15) is 9.50 Å². The molecule has 1 aromatic heterocycles. The highest BCUT2D eigenvalue weighted by molar-refractivity contribution is 5.34. The van der Waals surface area contributed by atoms with Crippen LogP contribution in [-0.4, -0.2) is 39.5 Å². The first kappa shape index (κ1) is 15.7. The largest absolute Gasteiger partial charge is 0.396 e. The van der Waals surface area contributed by atoms with Gasteiger partial charge in [-0.15, -0.1) is 0 Å². The Kier molecular flexibility index (Phi) is 4.42. The number of aliphatic hydroxyl groups excluding tert-OH is 1. The summed E-state index contributed by atoms with van der Waals surface area (Å²) in [6.07, 6.45) is 3.84. The van der Waals surface area contributed by atoms with Gasteiger partial charge in [-0.05, 0) is 23.3 Å². The number of hydrogen-bond acceptors (Lipinski definition) is 4. The topological polar surface area (TPSA) is 65.1 Å². The van der Waals surface area contributed by atoms with Crippen LogP contribution in [0.4, 0.5) is 4.39 Å². The van der Waals surface area contributed by atoms with Gasteiger partial charge in [-0.25, -0.2) is 4.39 Å². The highest BCUT2D eigenvalue weighted by Crippen LogP contribution is 2.33. The fourth-order valence-electron chi connectivity index (χ4n) is 3.30. The van der Waals surface area contributed by atoms with E-state index in [1.54, 1.807) is 16.8 Å². The molecule has 3 rings (SSSR count). The summed E-state index contributed by atoms with van der Waals surface area (Å²) in [5.41, 5.74) is 2.11. The summed E-state index contributed by atoms with van der Waals surface area (Å²) in [6.45, 7) is 2.36. The van der Waals surface area contributed by atoms with Crippen LogP contribution in [-0.2, 0) is 13.6 Å². The average molecular weight is 314 g/mol. The Balaban J connectivity index is 1.74. The van der Waals surface area contributed by atoms with E-state index in [1.807, 2.05) is 25.5 Å². The first-order valence-corrected chi connectivity index (χ1v) is 7.61. The molecule has 1 aromatic carbocycles. The summed E-state index contributed by atoms with van der Waals surface area (Å²) in [5, 5.41) is 22.8. The lowest BCUT2D eigenvalue weighted by Crippen LogP contribution is -2.21. The zero-order valence-corrected chi connectivity index (χ0v) is 13.0. The summed E-state index contributed by atoms with van der Waals surface area (Å²) >= 11 is 0. The lowest BCUT2D eigenvalue weighted by Gasteiger charge is -2.16. The summed E-state index contributed by atoms with van der Waals surface area (Å²) < 4.78 is 15.2. The molecule has 2 heterocycles. The molecule has 1 aliphatic rings. The number of aliphatic hydroxyl groups is 1. The maximum Gasteiger partial charge on any atom is 0.140 e. The summed E-state index contributed by atoms with van der Waals surface area (Å²) in [5.74, 6) is -0.0844. The van der Waals surface area contributed by atoms with Crippen LogP contribution in [0.5, 0.6) is 0 Å². The van der Waals surface area contributed by atoms with Gasteiger partial charge in [0, 0.05) is 51.3 Å². The van der Waals surface area contributed by atoms with E-state index in [-0.39, 0.29) is 24.0 Å². The van der Waals surface area contributed by atoms with E-state index < -0.39 is 5.82 Å². The molecule has 120 valence electrons. The number of likely N-dealkylation sites (tertiary alicyclic amines) is 1. The minimum Gasteiger partial charge on any atom is -0.396 e. The number of benzene rings is 1. The number of nitriles is 1. The molecule has 2 atom stereocenters. The van der Waals surface area contributed by atoms with E-state index in [0.29, 0.717) is 6.54 Å². The Hall–Kier alpha value is -2.23. The molecule has 2 aromatic rings. The van der Waals surface area contributed by atoms with Crippen LogP contribution in [0.15, 0.2) is 30.6 Å². The Morgan fingerprint density at radius 1 is 1.43 bits per heavy atom. The monoisotopic (exact) mass is 314 g/mol. The molecule has 0 amide bonds. The van der Waals surface area contributed by atoms with Crippen LogP contribution in [0.3, 0.4) is 0 Å². The molecule has 1 N–H and O–H groups in total. The first-order valence-electron chi connectivity index (χ1n) is 7.61. The van der Waals surface area contributed by atoms with Crippen molar-refractivity contribution in [2.75, 3.05) is 19.7 Å². The predicted molar refractivity (Wildman–Crippen MR) is 82.9 cm³/mol. The normalized spacial score (nSPS) is 21.5. The van der Waals surface area contributed by atoms with Gasteiger partial charge in [0.05, 0.1) is 11.8 Å². The molecule has 1 saturated heterocycles. The van der Waals surface area contributed by atoms with Crippen LogP contribution < -0.4 is 0 Å². The average Bonchev–Trinajstić information content (AvgIpc) is 3.15. The van der Waals surface area contributed by atoms with Crippen molar-refractivity contribution in [1.29, 1.82) is 5.26 Å². The molecule has 0 bridgehead atoms. The first-order chi connectivity index (χ1) is 11.1. The molecule has 0 saturated carbocycles. The van der Waals surface area contributed by atoms with Crippen LogP contribution in [0.1, 0.15) is 22.6 Å². The van der Waals surface area contributed by atoms with E-state index in [0.717, 1.165) is 24.2 Å². The van der Waals surface area contributed by atoms with Gasteiger partial charge in [-0.2, -0.15) is 10.4 Å². The zero-order chi connectivity index (χ0) is 16.4. The van der Waals surface area contributed by atoms with Gasteiger partial charge in [0.15, 0.2) is 0 Å². The number of rotatable bonds is 4. The maximum absolute atomic E-state index is 13.4. The molecular formula is C17H19FN4O. The summed E-state index contributed by atoms with van der Waals surface area (Å²) in [7, 11) is 1.88. The Morgan fingerprint density at radius 2 is 2.26 bits per heavy atom. The molecule has 0 aliphatic carbocycles. The van der Waals surface area contributed by atoms with E-state index in [4.69, 9.17) is 5.26 Å². The molecule has 23 heavy (non-hydrogen) atoms. The quantitative estimate of drug-likeness (QED) is 0.932. The lowest BCUT2D eigenvalue weighted by molar-refractivity contribution is 0.214. The number of aromatic nitrogens is 2. The second-order valence-electron chi connectivity index (χ2n) is 6.12. The predicted octanol–water partition coefficient (Wildman–Crippen LogP) is 1.64. The number of nitrogens with zero attached hydrogens (tertiary/aromatic N) is 4. The molecular weight excluding hydrogens is 295 g/mol. The highest BCUT2D eigenvalue weighted by Gasteiger charge is 2.34. The fraction of sp³-hybridized carbons (Fsp3) is 0.412. The number of halogens is 1. The smallest absolute Gasteiger partial charge is 0.140 e. The molecule has 0 radical (unpaired) electrons. The van der Waals surface area contributed by atoms with Crippen molar-refractivity contribution >= 4 is 0 Å². The van der Waals surface area contributed by atoms with Gasteiger partial charge in [0.25, 0.3) is 0 Å². The molecule has 1 aliphatic heterocycles. The van der Waals surface area contributed by atoms with E-state index in [1.165, 1.54) is 6.07 Å². The molecule has 6 heteroatoms. The minimum atomic E-state index is -0.487. The standard InChI is InChI=1S/C17H19FN4O/c1-21-8-14(6-20-21)16-10-22(9-15(16)11-23)7-12-2-3-17(18)13(4-12)5-19/h2-4,6,8,15-16,23H,7,9-11H2,1H3/t15-,16-/m0/s1. The molecule has 5 nitrogen and oxygen atoms in total. The van der Waals surface area contributed by atoms with Crippen molar-refractivity contribution in [3.63, 3.8) is 0 Å². The Morgan fingerprint density at radius 3 is 2.91 bits per heavy atom. The van der Waals surface area contributed by atoms with Crippen LogP contribution in [0.25, 0.3) is 0 Å². The van der Waals surface area contributed by atoms with E-state index in [2.05, 4.69) is 10.00 Å². The highest BCUT2D eigenvalue weighted by atomic mass is 19.1. The van der Waals surface area contributed by atoms with E-state index >= 15 is 0 Å². The van der Waals surface area contributed by atoms with Crippen molar-refractivity contribution in [1.82, 2.24) is 14.7 Å². The van der Waals surface area contributed by atoms with Gasteiger partial charge in [0.1, 0.15) is 11.9 Å². The zero-order valence-electron chi connectivity index (χ0n) is 13.0. The van der Waals surface area contributed by atoms with Crippen molar-refractivity contribution in [3.05, 3.63) is 53.1 Å².